The molecule has 0 unspecified atom stereocenters. The van der Waals surface area contributed by atoms with E-state index < -0.39 is 11.6 Å². The van der Waals surface area contributed by atoms with Gasteiger partial charge in [-0.25, -0.2) is 18.7 Å². The van der Waals surface area contributed by atoms with Crippen LogP contribution in [0.15, 0.2) is 48.8 Å². The van der Waals surface area contributed by atoms with Crippen molar-refractivity contribution in [3.8, 4) is 0 Å². The molecule has 3 rings (SSSR count). The Morgan fingerprint density at radius 1 is 0.947 bits per heavy atom. The zero-order valence-corrected chi connectivity index (χ0v) is 9.77. The molecule has 94 valence electrons. The van der Waals surface area contributed by atoms with Crippen LogP contribution in [-0.4, -0.2) is 9.97 Å². The number of nitrogens with zero attached hydrogens (tertiary/aromatic N) is 2. The summed E-state index contributed by atoms with van der Waals surface area (Å²) in [4.78, 5) is 8.17. The quantitative estimate of drug-likeness (QED) is 0.761. The molecule has 1 N–H and O–H groups in total. The van der Waals surface area contributed by atoms with Crippen molar-refractivity contribution < 1.29 is 8.78 Å². The number of aromatic nitrogens is 2. The van der Waals surface area contributed by atoms with Gasteiger partial charge in [-0.15, -0.1) is 0 Å². The van der Waals surface area contributed by atoms with Gasteiger partial charge in [0, 0.05) is 11.5 Å². The van der Waals surface area contributed by atoms with E-state index in [1.165, 1.54) is 6.33 Å². The smallest absolute Gasteiger partial charge is 0.146 e. The summed E-state index contributed by atoms with van der Waals surface area (Å²) < 4.78 is 26.7. The van der Waals surface area contributed by atoms with Gasteiger partial charge in [-0.05, 0) is 24.3 Å². The molecule has 1 aromatic heterocycles. The summed E-state index contributed by atoms with van der Waals surface area (Å²) in [5.74, 6) is -0.610. The first-order valence-corrected chi connectivity index (χ1v) is 5.66. The van der Waals surface area contributed by atoms with Crippen molar-refractivity contribution in [2.75, 3.05) is 5.32 Å². The third kappa shape index (κ3) is 2.22. The van der Waals surface area contributed by atoms with Crippen molar-refractivity contribution in [1.29, 1.82) is 0 Å². The summed E-state index contributed by atoms with van der Waals surface area (Å²) in [5.41, 5.74) is 0.778. The molecule has 0 saturated carbocycles. The second kappa shape index (κ2) is 4.61. The Labute approximate surface area is 107 Å². The van der Waals surface area contributed by atoms with Crippen LogP contribution in [0.25, 0.3) is 10.9 Å². The van der Waals surface area contributed by atoms with Gasteiger partial charge in [-0.3, -0.25) is 0 Å². The van der Waals surface area contributed by atoms with Gasteiger partial charge in [0.05, 0.1) is 11.2 Å². The van der Waals surface area contributed by atoms with Crippen molar-refractivity contribution in [2.24, 2.45) is 0 Å². The van der Waals surface area contributed by atoms with E-state index in [4.69, 9.17) is 0 Å². The first-order chi connectivity index (χ1) is 9.24. The predicted octanol–water partition coefficient (Wildman–Crippen LogP) is 3.65. The van der Waals surface area contributed by atoms with Gasteiger partial charge in [0.2, 0.25) is 0 Å². The van der Waals surface area contributed by atoms with E-state index in [9.17, 15) is 8.78 Å². The number of rotatable bonds is 2. The fourth-order valence-electron chi connectivity index (χ4n) is 1.83. The van der Waals surface area contributed by atoms with Crippen LogP contribution in [0.5, 0.6) is 0 Å². The lowest BCUT2D eigenvalue weighted by molar-refractivity contribution is 0.603. The molecule has 19 heavy (non-hydrogen) atoms. The highest BCUT2D eigenvalue weighted by Gasteiger charge is 2.07. The molecule has 3 aromatic rings. The first kappa shape index (κ1) is 11.5. The van der Waals surface area contributed by atoms with Crippen molar-refractivity contribution in [3.05, 3.63) is 60.4 Å². The number of benzene rings is 2. The fourth-order valence-corrected chi connectivity index (χ4v) is 1.83. The molecule has 3 nitrogen and oxygen atoms in total. The van der Waals surface area contributed by atoms with Crippen LogP contribution in [0.2, 0.25) is 0 Å². The van der Waals surface area contributed by atoms with Gasteiger partial charge >= 0.3 is 0 Å². The lowest BCUT2D eigenvalue weighted by atomic mass is 10.2. The Kier molecular flexibility index (Phi) is 2.79. The third-order valence-corrected chi connectivity index (χ3v) is 2.72. The summed E-state index contributed by atoms with van der Waals surface area (Å²) in [5, 5.41) is 3.53. The number of hydrogen-bond acceptors (Lipinski definition) is 3. The van der Waals surface area contributed by atoms with E-state index in [0.29, 0.717) is 5.82 Å². The Morgan fingerprint density at radius 3 is 2.68 bits per heavy atom. The molecule has 0 atom stereocenters. The summed E-state index contributed by atoms with van der Waals surface area (Å²) in [7, 11) is 0. The van der Waals surface area contributed by atoms with Gasteiger partial charge in [0.15, 0.2) is 0 Å². The number of para-hydroxylation sites is 1. The first-order valence-electron chi connectivity index (χ1n) is 5.66. The summed E-state index contributed by atoms with van der Waals surface area (Å²) >= 11 is 0. The average molecular weight is 257 g/mol. The van der Waals surface area contributed by atoms with Crippen LogP contribution in [0.3, 0.4) is 0 Å². The fraction of sp³-hybridized carbons (Fsp3) is 0. The van der Waals surface area contributed by atoms with Crippen LogP contribution in [-0.2, 0) is 0 Å². The number of halogens is 2. The van der Waals surface area contributed by atoms with Crippen molar-refractivity contribution in [1.82, 2.24) is 9.97 Å². The predicted molar refractivity (Wildman–Crippen MR) is 69.2 cm³/mol. The molecule has 0 amide bonds. The highest BCUT2D eigenvalue weighted by molar-refractivity contribution is 5.90. The molecule has 0 spiro atoms. The van der Waals surface area contributed by atoms with E-state index in [0.717, 1.165) is 29.1 Å². The van der Waals surface area contributed by atoms with Crippen molar-refractivity contribution in [3.63, 3.8) is 0 Å². The lowest BCUT2D eigenvalue weighted by Crippen LogP contribution is -1.98. The summed E-state index contributed by atoms with van der Waals surface area (Å²) in [6.07, 6.45) is 1.38. The van der Waals surface area contributed by atoms with E-state index in [1.54, 1.807) is 0 Å². The van der Waals surface area contributed by atoms with E-state index in [1.807, 2.05) is 24.3 Å². The Balaban J connectivity index is 2.08. The SMILES string of the molecule is Fc1ccc(F)c(Nc2ncnc3ccccc23)c1. The van der Waals surface area contributed by atoms with Crippen LogP contribution < -0.4 is 5.32 Å². The molecule has 5 heteroatoms. The average Bonchev–Trinajstić information content (AvgIpc) is 2.43. The normalized spacial score (nSPS) is 10.6. The molecule has 2 aromatic carbocycles. The minimum Gasteiger partial charge on any atom is -0.337 e. The number of hydrogen-bond donors (Lipinski definition) is 1. The van der Waals surface area contributed by atoms with Crippen molar-refractivity contribution in [2.45, 2.75) is 0 Å². The van der Waals surface area contributed by atoms with Gasteiger partial charge < -0.3 is 5.32 Å². The second-order valence-electron chi connectivity index (χ2n) is 3.99. The third-order valence-electron chi connectivity index (χ3n) is 2.72. The van der Waals surface area contributed by atoms with E-state index >= 15 is 0 Å². The topological polar surface area (TPSA) is 37.8 Å². The zero-order chi connectivity index (χ0) is 13.2. The maximum Gasteiger partial charge on any atom is 0.146 e. The molecule has 0 bridgehead atoms. The lowest BCUT2D eigenvalue weighted by Gasteiger charge is -2.09. The molecular formula is C14H9F2N3. The molecular weight excluding hydrogens is 248 g/mol. The number of fused-ring (bicyclic) bond motifs is 1. The Morgan fingerprint density at radius 2 is 1.79 bits per heavy atom. The van der Waals surface area contributed by atoms with Gasteiger partial charge in [-0.1, -0.05) is 12.1 Å². The van der Waals surface area contributed by atoms with E-state index in [-0.39, 0.29) is 5.69 Å². The molecule has 1 heterocycles. The van der Waals surface area contributed by atoms with Crippen molar-refractivity contribution >= 4 is 22.4 Å². The Hall–Kier alpha value is -2.56. The largest absolute Gasteiger partial charge is 0.337 e. The number of anilines is 2. The molecule has 0 saturated heterocycles. The highest BCUT2D eigenvalue weighted by atomic mass is 19.1. The molecule has 0 aliphatic carbocycles. The van der Waals surface area contributed by atoms with Gasteiger partial charge in [-0.2, -0.15) is 0 Å². The molecule has 0 radical (unpaired) electrons. The zero-order valence-electron chi connectivity index (χ0n) is 9.77. The second-order valence-corrected chi connectivity index (χ2v) is 3.99. The van der Waals surface area contributed by atoms with Crippen LogP contribution in [0.1, 0.15) is 0 Å². The summed E-state index contributed by atoms with van der Waals surface area (Å²) in [6.45, 7) is 0. The molecule has 0 fully saturated rings. The minimum absolute atomic E-state index is 0.0452. The van der Waals surface area contributed by atoms with E-state index in [2.05, 4.69) is 15.3 Å². The Bertz CT molecular complexity index is 738. The maximum absolute atomic E-state index is 13.6. The van der Waals surface area contributed by atoms with Crippen LogP contribution in [0.4, 0.5) is 20.3 Å². The monoisotopic (exact) mass is 257 g/mol. The highest BCUT2D eigenvalue weighted by Crippen LogP contribution is 2.24. The number of nitrogens with one attached hydrogen (secondary N) is 1. The maximum atomic E-state index is 13.6. The van der Waals surface area contributed by atoms with Crippen LogP contribution in [0, 0.1) is 11.6 Å². The molecule has 0 aliphatic rings. The molecule has 0 aliphatic heterocycles. The van der Waals surface area contributed by atoms with Crippen LogP contribution >= 0.6 is 0 Å². The van der Waals surface area contributed by atoms with Gasteiger partial charge in [0.25, 0.3) is 0 Å². The summed E-state index contributed by atoms with van der Waals surface area (Å²) in [6, 6.07) is 10.5. The minimum atomic E-state index is -0.538. The van der Waals surface area contributed by atoms with Gasteiger partial charge in [0.1, 0.15) is 23.8 Å². The standard InChI is InChI=1S/C14H9F2N3/c15-9-5-6-11(16)13(7-9)19-14-10-3-1-2-4-12(10)17-8-18-14/h1-8H,(H,17,18,19).